The van der Waals surface area contributed by atoms with Gasteiger partial charge in [0, 0.05) is 19.5 Å². The number of rotatable bonds is 9. The monoisotopic (exact) mass is 582 g/mol. The standard InChI is InChI=1S/C33H50N4O5/c1-8-23-17-24(23)19-34-28(38)26-18-33(41,25-13-11-12-22(16-25)20-36-14-9-10-15-36)21-37(26)29(39)27(31(2,3)4)35-30(40)42-32(5,6)7/h8,11-13,16,23-24,26-27,41H,1,9-10,14-15,17-21H2,2-7H3,(H,34,38)(H,35,40)/t23-,24+,26+,27-,33+/m1/s1. The average molecular weight is 583 g/mol. The number of allylic oxidation sites excluding steroid dienone is 1. The molecule has 9 nitrogen and oxygen atoms in total. The Morgan fingerprint density at radius 3 is 2.45 bits per heavy atom. The largest absolute Gasteiger partial charge is 0.444 e. The molecule has 42 heavy (non-hydrogen) atoms. The first-order valence-corrected chi connectivity index (χ1v) is 15.3. The maximum absolute atomic E-state index is 14.2. The maximum atomic E-state index is 14.2. The highest BCUT2D eigenvalue weighted by Crippen LogP contribution is 2.40. The predicted molar refractivity (Wildman–Crippen MR) is 162 cm³/mol. The first-order valence-electron chi connectivity index (χ1n) is 15.3. The Bertz CT molecular complexity index is 1170. The second-order valence-corrected chi connectivity index (χ2v) is 14.5. The van der Waals surface area contributed by atoms with Gasteiger partial charge in [-0.05, 0) is 81.5 Å². The topological polar surface area (TPSA) is 111 Å². The quantitative estimate of drug-likeness (QED) is 0.381. The van der Waals surface area contributed by atoms with Crippen molar-refractivity contribution >= 4 is 17.9 Å². The van der Waals surface area contributed by atoms with Crippen LogP contribution in [0.5, 0.6) is 0 Å². The number of hydrogen-bond donors (Lipinski definition) is 3. The van der Waals surface area contributed by atoms with Gasteiger partial charge in [0.25, 0.3) is 0 Å². The third-order valence-electron chi connectivity index (χ3n) is 8.59. The summed E-state index contributed by atoms with van der Waals surface area (Å²) in [4.78, 5) is 44.5. The summed E-state index contributed by atoms with van der Waals surface area (Å²) in [5.74, 6) is 0.0136. The molecule has 2 aliphatic heterocycles. The van der Waals surface area contributed by atoms with E-state index >= 15 is 0 Å². The van der Waals surface area contributed by atoms with Gasteiger partial charge in [0.2, 0.25) is 11.8 Å². The maximum Gasteiger partial charge on any atom is 0.408 e. The summed E-state index contributed by atoms with van der Waals surface area (Å²) in [7, 11) is 0. The number of aliphatic hydroxyl groups is 1. The number of likely N-dealkylation sites (tertiary alicyclic amines) is 2. The van der Waals surface area contributed by atoms with Crippen LogP contribution < -0.4 is 10.6 Å². The summed E-state index contributed by atoms with van der Waals surface area (Å²) in [6, 6.07) is 5.99. The third-order valence-corrected chi connectivity index (χ3v) is 8.59. The van der Waals surface area contributed by atoms with Gasteiger partial charge in [-0.15, -0.1) is 6.58 Å². The zero-order valence-electron chi connectivity index (χ0n) is 26.2. The van der Waals surface area contributed by atoms with Crippen LogP contribution in [-0.2, 0) is 26.5 Å². The second kappa shape index (κ2) is 12.4. The lowest BCUT2D eigenvalue weighted by molar-refractivity contribution is -0.142. The molecule has 5 atom stereocenters. The Kier molecular flexibility index (Phi) is 9.43. The van der Waals surface area contributed by atoms with Crippen LogP contribution in [0.25, 0.3) is 0 Å². The molecular formula is C33H50N4O5. The van der Waals surface area contributed by atoms with Crippen molar-refractivity contribution in [2.75, 3.05) is 26.2 Å². The fourth-order valence-corrected chi connectivity index (χ4v) is 6.10. The van der Waals surface area contributed by atoms with E-state index in [1.165, 1.54) is 17.7 Å². The van der Waals surface area contributed by atoms with Crippen molar-refractivity contribution in [3.05, 3.63) is 48.0 Å². The lowest BCUT2D eigenvalue weighted by Gasteiger charge is -2.36. The zero-order chi connectivity index (χ0) is 30.9. The van der Waals surface area contributed by atoms with Crippen molar-refractivity contribution in [2.24, 2.45) is 17.3 Å². The van der Waals surface area contributed by atoms with Crippen LogP contribution in [0.4, 0.5) is 4.79 Å². The highest BCUT2D eigenvalue weighted by atomic mass is 16.6. The van der Waals surface area contributed by atoms with Gasteiger partial charge in [0.05, 0.1) is 6.54 Å². The molecule has 3 amide bonds. The Balaban J connectivity index is 1.59. The molecule has 0 unspecified atom stereocenters. The summed E-state index contributed by atoms with van der Waals surface area (Å²) in [5, 5.41) is 17.8. The van der Waals surface area contributed by atoms with E-state index in [4.69, 9.17) is 4.74 Å². The Morgan fingerprint density at radius 2 is 1.86 bits per heavy atom. The zero-order valence-corrected chi connectivity index (χ0v) is 26.2. The molecular weight excluding hydrogens is 532 g/mol. The second-order valence-electron chi connectivity index (χ2n) is 14.5. The van der Waals surface area contributed by atoms with Gasteiger partial charge in [-0.3, -0.25) is 14.5 Å². The van der Waals surface area contributed by atoms with Gasteiger partial charge in [0.15, 0.2) is 0 Å². The van der Waals surface area contributed by atoms with Crippen molar-refractivity contribution in [2.45, 2.75) is 97.1 Å². The Morgan fingerprint density at radius 1 is 1.17 bits per heavy atom. The van der Waals surface area contributed by atoms with E-state index in [0.29, 0.717) is 23.9 Å². The molecule has 232 valence electrons. The Hall–Kier alpha value is -2.91. The van der Waals surface area contributed by atoms with Gasteiger partial charge in [0.1, 0.15) is 23.3 Å². The number of nitrogens with zero attached hydrogens (tertiary/aromatic N) is 2. The molecule has 3 N–H and O–H groups in total. The minimum Gasteiger partial charge on any atom is -0.444 e. The number of β-amino-alcohol motifs (C(OH)–C–C–N with tert-alkyl or cyclic N) is 1. The molecule has 0 radical (unpaired) electrons. The van der Waals surface area contributed by atoms with Crippen LogP contribution in [-0.4, -0.2) is 76.7 Å². The first-order chi connectivity index (χ1) is 19.6. The number of ether oxygens (including phenoxy) is 1. The average Bonchev–Trinajstić information content (AvgIpc) is 3.27. The van der Waals surface area contributed by atoms with Gasteiger partial charge < -0.3 is 25.4 Å². The number of benzene rings is 1. The van der Waals surface area contributed by atoms with Crippen molar-refractivity contribution in [3.8, 4) is 0 Å². The molecule has 9 heteroatoms. The van der Waals surface area contributed by atoms with E-state index in [1.54, 1.807) is 20.8 Å². The van der Waals surface area contributed by atoms with Crippen molar-refractivity contribution in [3.63, 3.8) is 0 Å². The fraction of sp³-hybridized carbons (Fsp3) is 0.667. The fourth-order valence-electron chi connectivity index (χ4n) is 6.10. The number of carbonyl (C=O) groups is 3. The van der Waals surface area contributed by atoms with Crippen LogP contribution in [0.3, 0.4) is 0 Å². The molecule has 1 aliphatic carbocycles. The molecule has 1 saturated carbocycles. The van der Waals surface area contributed by atoms with Gasteiger partial charge >= 0.3 is 6.09 Å². The van der Waals surface area contributed by atoms with Crippen LogP contribution in [0.1, 0.15) is 78.4 Å². The number of alkyl carbamates (subject to hydrolysis) is 1. The molecule has 3 fully saturated rings. The highest BCUT2D eigenvalue weighted by Gasteiger charge is 2.51. The van der Waals surface area contributed by atoms with Crippen LogP contribution in [0.15, 0.2) is 36.9 Å². The first kappa shape index (κ1) is 32.0. The summed E-state index contributed by atoms with van der Waals surface area (Å²) in [6.07, 6.45) is 4.64. The molecule has 0 spiro atoms. The van der Waals surface area contributed by atoms with Crippen molar-refractivity contribution in [1.82, 2.24) is 20.4 Å². The number of amides is 3. The van der Waals surface area contributed by atoms with E-state index in [1.807, 2.05) is 45.0 Å². The lowest BCUT2D eigenvalue weighted by atomic mass is 9.85. The third kappa shape index (κ3) is 7.92. The molecule has 3 aliphatic rings. The molecule has 1 aromatic rings. The number of nitrogens with one attached hydrogen (secondary N) is 2. The SMILES string of the molecule is C=C[C@@H]1C[C@H]1CNC(=O)[C@@H]1C[C@@](O)(c2cccc(CN3CCCC3)c2)CN1C(=O)[C@@H](NC(=O)OC(C)(C)C)C(C)(C)C. The van der Waals surface area contributed by atoms with E-state index in [2.05, 4.69) is 28.2 Å². The molecule has 1 aromatic carbocycles. The van der Waals surface area contributed by atoms with Crippen molar-refractivity contribution < 1.29 is 24.2 Å². The molecule has 2 heterocycles. The normalized spacial score (nSPS) is 26.9. The lowest BCUT2D eigenvalue weighted by Crippen LogP contribution is -2.58. The Labute approximate surface area is 251 Å². The van der Waals surface area contributed by atoms with Crippen LogP contribution in [0, 0.1) is 17.3 Å². The van der Waals surface area contributed by atoms with Crippen molar-refractivity contribution in [1.29, 1.82) is 0 Å². The van der Waals surface area contributed by atoms with E-state index in [9.17, 15) is 19.5 Å². The van der Waals surface area contributed by atoms with Gasteiger partial charge in [-0.2, -0.15) is 0 Å². The molecule has 0 aromatic heterocycles. The number of carbonyl (C=O) groups excluding carboxylic acids is 3. The van der Waals surface area contributed by atoms with Gasteiger partial charge in [-0.1, -0.05) is 51.1 Å². The summed E-state index contributed by atoms with van der Waals surface area (Å²) >= 11 is 0. The summed E-state index contributed by atoms with van der Waals surface area (Å²) in [6.45, 7) is 18.1. The minimum atomic E-state index is -1.42. The van der Waals surface area contributed by atoms with E-state index in [-0.39, 0.29) is 18.9 Å². The summed E-state index contributed by atoms with van der Waals surface area (Å²) < 4.78 is 5.46. The molecule has 0 bridgehead atoms. The van der Waals surface area contributed by atoms with E-state index < -0.39 is 40.7 Å². The van der Waals surface area contributed by atoms with Crippen LogP contribution >= 0.6 is 0 Å². The molecule has 4 rings (SSSR count). The smallest absolute Gasteiger partial charge is 0.408 e. The van der Waals surface area contributed by atoms with Gasteiger partial charge in [-0.25, -0.2) is 4.79 Å². The minimum absolute atomic E-state index is 0.0572. The molecule has 2 saturated heterocycles. The number of hydrogen-bond acceptors (Lipinski definition) is 6. The predicted octanol–water partition coefficient (Wildman–Crippen LogP) is 3.95. The van der Waals surface area contributed by atoms with Crippen LogP contribution in [0.2, 0.25) is 0 Å². The highest BCUT2D eigenvalue weighted by molar-refractivity contribution is 5.92. The van der Waals surface area contributed by atoms with E-state index in [0.717, 1.165) is 31.6 Å². The summed E-state index contributed by atoms with van der Waals surface area (Å²) in [5.41, 5.74) is -1.06.